The van der Waals surface area contributed by atoms with Gasteiger partial charge >= 0.3 is 0 Å². The van der Waals surface area contributed by atoms with E-state index in [-0.39, 0.29) is 11.5 Å². The Bertz CT molecular complexity index is 1660. The van der Waals surface area contributed by atoms with Crippen LogP contribution >= 0.6 is 0 Å². The largest absolute Gasteiger partial charge is 0.492 e. The lowest BCUT2D eigenvalue weighted by molar-refractivity contribution is -0.135. The third kappa shape index (κ3) is 5.83. The molecule has 0 saturated carbocycles. The number of carbonyl (C=O) groups is 1. The maximum Gasteiger partial charge on any atom is 0.266 e. The smallest absolute Gasteiger partial charge is 0.266 e. The fourth-order valence-electron chi connectivity index (χ4n) is 5.34. The summed E-state index contributed by atoms with van der Waals surface area (Å²) in [6.07, 6.45) is 0. The highest BCUT2D eigenvalue weighted by Crippen LogP contribution is 2.32. The van der Waals surface area contributed by atoms with Crippen molar-refractivity contribution in [2.24, 2.45) is 0 Å². The zero-order chi connectivity index (χ0) is 29.5. The van der Waals surface area contributed by atoms with Crippen molar-refractivity contribution in [3.63, 3.8) is 0 Å². The quantitative estimate of drug-likeness (QED) is 0.193. The number of methoxy groups -OCH3 is 1. The van der Waals surface area contributed by atoms with Gasteiger partial charge < -0.3 is 14.4 Å². The topological polar surface area (TPSA) is 73.7 Å². The predicted molar refractivity (Wildman–Crippen MR) is 165 cm³/mol. The van der Waals surface area contributed by atoms with E-state index >= 15 is 0 Å². The van der Waals surface area contributed by atoms with E-state index in [9.17, 15) is 9.59 Å². The monoisotopic (exact) mass is 561 g/mol. The molecule has 0 aliphatic carbocycles. The first-order valence-electron chi connectivity index (χ1n) is 14.2. The van der Waals surface area contributed by atoms with Crippen molar-refractivity contribution in [2.75, 3.05) is 26.9 Å². The Kier molecular flexibility index (Phi) is 9.09. The standard InChI is InChI=1S/C35H35N3O4/c1-4-42-31-22-14-13-21-30(31)38-33(36-29-20-12-11-19-28(29)34(38)39)25(2)37(23-24-41-3)35(40)32(26-15-7-5-8-16-26)27-17-9-6-10-18-27/h5-22,25,32H,4,23-24H2,1-3H3. The molecule has 0 bridgehead atoms. The van der Waals surface area contributed by atoms with E-state index in [0.29, 0.717) is 47.9 Å². The summed E-state index contributed by atoms with van der Waals surface area (Å²) in [4.78, 5) is 35.6. The minimum atomic E-state index is -0.588. The van der Waals surface area contributed by atoms with Gasteiger partial charge in [-0.3, -0.25) is 14.2 Å². The van der Waals surface area contributed by atoms with E-state index in [1.807, 2.05) is 117 Å². The van der Waals surface area contributed by atoms with Crippen molar-refractivity contribution in [1.29, 1.82) is 0 Å². The number of hydrogen-bond donors (Lipinski definition) is 0. The van der Waals surface area contributed by atoms with Crippen molar-refractivity contribution in [1.82, 2.24) is 14.5 Å². The van der Waals surface area contributed by atoms with Crippen LogP contribution in [0, 0.1) is 0 Å². The minimum absolute atomic E-state index is 0.107. The van der Waals surface area contributed by atoms with Crippen LogP contribution < -0.4 is 10.3 Å². The molecule has 5 aromatic rings. The zero-order valence-corrected chi connectivity index (χ0v) is 24.1. The van der Waals surface area contributed by atoms with Crippen molar-refractivity contribution in [2.45, 2.75) is 25.8 Å². The third-order valence-corrected chi connectivity index (χ3v) is 7.38. The van der Waals surface area contributed by atoms with Crippen LogP contribution in [0.3, 0.4) is 0 Å². The molecule has 1 unspecified atom stereocenters. The summed E-state index contributed by atoms with van der Waals surface area (Å²) in [5.74, 6) is 0.344. The summed E-state index contributed by atoms with van der Waals surface area (Å²) in [7, 11) is 1.61. The molecule has 1 aromatic heterocycles. The van der Waals surface area contributed by atoms with Crippen LogP contribution in [0.15, 0.2) is 114 Å². The molecule has 4 aromatic carbocycles. The lowest BCUT2D eigenvalue weighted by atomic mass is 9.89. The third-order valence-electron chi connectivity index (χ3n) is 7.38. The molecular formula is C35H35N3O4. The summed E-state index contributed by atoms with van der Waals surface area (Å²) >= 11 is 0. The van der Waals surface area contributed by atoms with Gasteiger partial charge in [0.05, 0.1) is 41.8 Å². The number of ether oxygens (including phenoxy) is 2. The Morgan fingerprint density at radius 2 is 1.45 bits per heavy atom. The van der Waals surface area contributed by atoms with E-state index < -0.39 is 12.0 Å². The van der Waals surface area contributed by atoms with Gasteiger partial charge in [0, 0.05) is 13.7 Å². The number of hydrogen-bond acceptors (Lipinski definition) is 5. The number of para-hydroxylation sites is 3. The molecule has 0 radical (unpaired) electrons. The van der Waals surface area contributed by atoms with Gasteiger partial charge in [0.1, 0.15) is 11.6 Å². The SMILES string of the molecule is CCOc1ccccc1-n1c(C(C)N(CCOC)C(=O)C(c2ccccc2)c2ccccc2)nc2ccccc2c1=O. The molecule has 0 aliphatic rings. The molecule has 7 heteroatoms. The normalized spacial score (nSPS) is 11.9. The first-order valence-corrected chi connectivity index (χ1v) is 14.2. The molecule has 0 N–H and O–H groups in total. The van der Waals surface area contributed by atoms with Crippen LogP contribution in [-0.4, -0.2) is 47.2 Å². The Labute approximate surface area is 246 Å². The molecule has 1 atom stereocenters. The van der Waals surface area contributed by atoms with E-state index in [4.69, 9.17) is 14.5 Å². The maximum absolute atomic E-state index is 14.7. The molecule has 1 amide bonds. The van der Waals surface area contributed by atoms with Gasteiger partial charge in [0.2, 0.25) is 5.91 Å². The number of benzene rings is 4. The Hall–Kier alpha value is -4.75. The van der Waals surface area contributed by atoms with E-state index in [2.05, 4.69) is 0 Å². The molecule has 0 saturated heterocycles. The number of aromatic nitrogens is 2. The van der Waals surface area contributed by atoms with Crippen molar-refractivity contribution in [3.05, 3.63) is 136 Å². The summed E-state index contributed by atoms with van der Waals surface area (Å²) in [6, 6.07) is 33.6. The first kappa shape index (κ1) is 28.8. The van der Waals surface area contributed by atoms with Crippen molar-refractivity contribution >= 4 is 16.8 Å². The highest BCUT2D eigenvalue weighted by molar-refractivity contribution is 5.87. The molecule has 0 spiro atoms. The van der Waals surface area contributed by atoms with Crippen LogP contribution in [0.4, 0.5) is 0 Å². The molecule has 42 heavy (non-hydrogen) atoms. The Morgan fingerprint density at radius 3 is 2.10 bits per heavy atom. The molecule has 5 rings (SSSR count). The van der Waals surface area contributed by atoms with Crippen molar-refractivity contribution < 1.29 is 14.3 Å². The zero-order valence-electron chi connectivity index (χ0n) is 24.1. The van der Waals surface area contributed by atoms with Crippen LogP contribution in [0.25, 0.3) is 16.6 Å². The summed E-state index contributed by atoms with van der Waals surface area (Å²) < 4.78 is 13.0. The lowest BCUT2D eigenvalue weighted by Gasteiger charge is -2.33. The lowest BCUT2D eigenvalue weighted by Crippen LogP contribution is -2.42. The predicted octanol–water partition coefficient (Wildman–Crippen LogP) is 6.15. The summed E-state index contributed by atoms with van der Waals surface area (Å²) in [5.41, 5.74) is 2.68. The van der Waals surface area contributed by atoms with Crippen LogP contribution in [0.1, 0.15) is 42.8 Å². The van der Waals surface area contributed by atoms with Crippen molar-refractivity contribution in [3.8, 4) is 11.4 Å². The van der Waals surface area contributed by atoms with Crippen LogP contribution in [0.5, 0.6) is 5.75 Å². The average molecular weight is 562 g/mol. The second-order valence-corrected chi connectivity index (χ2v) is 9.98. The average Bonchev–Trinajstić information content (AvgIpc) is 3.03. The number of amides is 1. The molecule has 0 fully saturated rings. The minimum Gasteiger partial charge on any atom is -0.492 e. The fraction of sp³-hybridized carbons (Fsp3) is 0.229. The van der Waals surface area contributed by atoms with Gasteiger partial charge in [0.15, 0.2) is 0 Å². The van der Waals surface area contributed by atoms with Crippen LogP contribution in [-0.2, 0) is 9.53 Å². The van der Waals surface area contributed by atoms with Gasteiger partial charge in [-0.2, -0.15) is 0 Å². The number of fused-ring (bicyclic) bond motifs is 1. The van der Waals surface area contributed by atoms with Gasteiger partial charge in [-0.15, -0.1) is 0 Å². The summed E-state index contributed by atoms with van der Waals surface area (Å²) in [6.45, 7) is 4.88. The highest BCUT2D eigenvalue weighted by Gasteiger charge is 2.33. The van der Waals surface area contributed by atoms with Gasteiger partial charge in [-0.1, -0.05) is 84.9 Å². The molecular weight excluding hydrogens is 526 g/mol. The maximum atomic E-state index is 14.7. The van der Waals surface area contributed by atoms with E-state index in [1.165, 1.54) is 0 Å². The molecule has 214 valence electrons. The Morgan fingerprint density at radius 1 is 0.857 bits per heavy atom. The molecule has 7 nitrogen and oxygen atoms in total. The van der Waals surface area contributed by atoms with Gasteiger partial charge in [-0.25, -0.2) is 4.98 Å². The van der Waals surface area contributed by atoms with E-state index in [0.717, 1.165) is 11.1 Å². The number of rotatable bonds is 11. The second-order valence-electron chi connectivity index (χ2n) is 9.98. The Balaban J connectivity index is 1.70. The van der Waals surface area contributed by atoms with Gasteiger partial charge in [0.25, 0.3) is 5.56 Å². The number of carbonyl (C=O) groups excluding carboxylic acids is 1. The fourth-order valence-corrected chi connectivity index (χ4v) is 5.34. The van der Waals surface area contributed by atoms with Gasteiger partial charge in [-0.05, 0) is 49.2 Å². The van der Waals surface area contributed by atoms with E-state index in [1.54, 1.807) is 22.6 Å². The second kappa shape index (κ2) is 13.3. The highest BCUT2D eigenvalue weighted by atomic mass is 16.5. The molecule has 0 aliphatic heterocycles. The van der Waals surface area contributed by atoms with Crippen LogP contribution in [0.2, 0.25) is 0 Å². The number of nitrogens with zero attached hydrogens (tertiary/aromatic N) is 3. The summed E-state index contributed by atoms with van der Waals surface area (Å²) in [5, 5.41) is 0.487. The molecule has 1 heterocycles. The first-order chi connectivity index (χ1) is 20.5.